The van der Waals surface area contributed by atoms with Crippen LogP contribution in [0.25, 0.3) is 0 Å². The number of hydrogen-bond donors (Lipinski definition) is 0. The van der Waals surface area contributed by atoms with E-state index in [4.69, 9.17) is 0 Å². The van der Waals surface area contributed by atoms with E-state index in [2.05, 4.69) is 28.2 Å². The molecule has 0 fully saturated rings. The van der Waals surface area contributed by atoms with E-state index in [9.17, 15) is 0 Å². The van der Waals surface area contributed by atoms with Gasteiger partial charge in [0.1, 0.15) is 0 Å². The average molecular weight is 272 g/mol. The molecule has 0 saturated heterocycles. The topological polar surface area (TPSA) is 0 Å². The minimum atomic E-state index is 1.37. The van der Waals surface area contributed by atoms with Crippen LogP contribution >= 0.6 is 5.81 Å². The molecule has 0 aliphatic rings. The molecule has 0 heterocycles. The number of unbranched alkanes of at least 4 members (excludes halogenated alkanes) is 5. The zero-order chi connectivity index (χ0) is 7.66. The van der Waals surface area contributed by atoms with E-state index in [1.165, 1.54) is 44.7 Å². The summed E-state index contributed by atoms with van der Waals surface area (Å²) in [5, 5.41) is 0. The van der Waals surface area contributed by atoms with Gasteiger partial charge in [-0.1, -0.05) is 0 Å². The molecule has 0 spiro atoms. The van der Waals surface area contributed by atoms with Crippen molar-refractivity contribution in [2.75, 3.05) is 6.16 Å². The summed E-state index contributed by atoms with van der Waals surface area (Å²) in [6.07, 6.45) is 10.0. The van der Waals surface area contributed by atoms with Crippen molar-refractivity contribution in [3.63, 3.8) is 0 Å². The SMILES string of the molecule is CCCCCCCCP=[Te]. The van der Waals surface area contributed by atoms with Gasteiger partial charge in [0.25, 0.3) is 0 Å². The first-order valence-electron chi connectivity index (χ1n) is 4.21. The Hall–Kier alpha value is 1.09. The van der Waals surface area contributed by atoms with Gasteiger partial charge in [-0.25, -0.2) is 0 Å². The third-order valence-corrected chi connectivity index (χ3v) is 3.67. The van der Waals surface area contributed by atoms with E-state index in [1.54, 1.807) is 5.81 Å². The van der Waals surface area contributed by atoms with Crippen LogP contribution < -0.4 is 0 Å². The average Bonchev–Trinajstić information content (AvgIpc) is 1.97. The van der Waals surface area contributed by atoms with E-state index >= 15 is 0 Å². The van der Waals surface area contributed by atoms with Crippen LogP contribution in [0, 0.1) is 0 Å². The van der Waals surface area contributed by atoms with Crippen molar-refractivity contribution in [2.45, 2.75) is 45.4 Å². The van der Waals surface area contributed by atoms with Crippen LogP contribution in [-0.2, 0) is 0 Å². The molecule has 2 heteroatoms. The Labute approximate surface area is 78.6 Å². The monoisotopic (exact) mass is 274 g/mol. The van der Waals surface area contributed by atoms with Crippen LogP contribution in [0.1, 0.15) is 45.4 Å². The Morgan fingerprint density at radius 1 is 1.00 bits per heavy atom. The standard InChI is InChI=1S/C8H17PTe/c1-2-3-4-5-6-7-8-9-10/h2-8H2,1H3. The summed E-state index contributed by atoms with van der Waals surface area (Å²) < 4.78 is 0. The Balaban J connectivity index is 2.70. The van der Waals surface area contributed by atoms with Gasteiger partial charge in [0.15, 0.2) is 0 Å². The van der Waals surface area contributed by atoms with Crippen LogP contribution in [0.2, 0.25) is 0 Å². The molecular weight excluding hydrogens is 255 g/mol. The molecule has 0 amide bonds. The summed E-state index contributed by atoms with van der Waals surface area (Å²) >= 11 is 2.18. The van der Waals surface area contributed by atoms with Gasteiger partial charge in [-0.05, 0) is 0 Å². The Morgan fingerprint density at radius 2 is 1.60 bits per heavy atom. The van der Waals surface area contributed by atoms with Gasteiger partial charge in [0.2, 0.25) is 0 Å². The van der Waals surface area contributed by atoms with E-state index in [1.807, 2.05) is 0 Å². The second-order valence-corrected chi connectivity index (χ2v) is 5.54. The van der Waals surface area contributed by atoms with Crippen molar-refractivity contribution in [3.8, 4) is 0 Å². The van der Waals surface area contributed by atoms with Crippen molar-refractivity contribution >= 4 is 27.0 Å². The zero-order valence-electron chi connectivity index (χ0n) is 6.81. The molecule has 0 aromatic heterocycles. The number of hydrogen-bond acceptors (Lipinski definition) is 0. The Kier molecular flexibility index (Phi) is 11.2. The first-order chi connectivity index (χ1) is 4.91. The van der Waals surface area contributed by atoms with E-state index in [-0.39, 0.29) is 0 Å². The van der Waals surface area contributed by atoms with E-state index in [0.717, 1.165) is 0 Å². The molecule has 0 atom stereocenters. The fourth-order valence-corrected chi connectivity index (χ4v) is 2.41. The van der Waals surface area contributed by atoms with Gasteiger partial charge in [-0.2, -0.15) is 0 Å². The predicted molar refractivity (Wildman–Crippen MR) is 50.9 cm³/mol. The summed E-state index contributed by atoms with van der Waals surface area (Å²) in [5.41, 5.74) is 0. The van der Waals surface area contributed by atoms with Crippen molar-refractivity contribution in [3.05, 3.63) is 0 Å². The van der Waals surface area contributed by atoms with Gasteiger partial charge in [-0.3, -0.25) is 0 Å². The predicted octanol–water partition coefficient (Wildman–Crippen LogP) is 3.38. The Morgan fingerprint density at radius 3 is 2.20 bits per heavy atom. The summed E-state index contributed by atoms with van der Waals surface area (Å²) in [6, 6.07) is 0. The van der Waals surface area contributed by atoms with Crippen LogP contribution in [0.15, 0.2) is 0 Å². The van der Waals surface area contributed by atoms with Gasteiger partial charge < -0.3 is 0 Å². The molecule has 0 aliphatic carbocycles. The van der Waals surface area contributed by atoms with Gasteiger partial charge in [0, 0.05) is 0 Å². The first-order valence-corrected chi connectivity index (χ1v) is 8.33. The molecule has 0 aromatic carbocycles. The normalized spacial score (nSPS) is 10.5. The van der Waals surface area contributed by atoms with Crippen molar-refractivity contribution < 1.29 is 0 Å². The van der Waals surface area contributed by atoms with Crippen LogP contribution in [0.4, 0.5) is 0 Å². The number of rotatable bonds is 7. The molecule has 0 bridgehead atoms. The summed E-state index contributed by atoms with van der Waals surface area (Å²) in [4.78, 5) is 0. The molecule has 10 heavy (non-hydrogen) atoms. The molecule has 0 nitrogen and oxygen atoms in total. The molecule has 0 aromatic rings. The summed E-state index contributed by atoms with van der Waals surface area (Å²) in [5.74, 6) is 1.58. The van der Waals surface area contributed by atoms with Gasteiger partial charge in [0.05, 0.1) is 0 Å². The maximum atomic E-state index is 2.27. The molecule has 0 aliphatic heterocycles. The van der Waals surface area contributed by atoms with Gasteiger partial charge in [-0.15, -0.1) is 0 Å². The molecule has 60 valence electrons. The molecule has 0 rings (SSSR count). The van der Waals surface area contributed by atoms with Crippen LogP contribution in [-0.4, -0.2) is 27.4 Å². The summed E-state index contributed by atoms with van der Waals surface area (Å²) in [7, 11) is 0. The van der Waals surface area contributed by atoms with Crippen molar-refractivity contribution in [2.24, 2.45) is 0 Å². The van der Waals surface area contributed by atoms with E-state index in [0.29, 0.717) is 0 Å². The molecule has 0 N–H and O–H groups in total. The minimum absolute atomic E-state index is 1.37. The fourth-order valence-electron chi connectivity index (χ4n) is 0.957. The second-order valence-electron chi connectivity index (χ2n) is 2.62. The van der Waals surface area contributed by atoms with Crippen LogP contribution in [0.3, 0.4) is 0 Å². The molecule has 0 unspecified atom stereocenters. The molecule has 0 saturated carbocycles. The summed E-state index contributed by atoms with van der Waals surface area (Å²) in [6.45, 7) is 2.27. The second kappa shape index (κ2) is 10.1. The van der Waals surface area contributed by atoms with Crippen LogP contribution in [0.5, 0.6) is 0 Å². The van der Waals surface area contributed by atoms with Gasteiger partial charge >= 0.3 is 78.7 Å². The third-order valence-electron chi connectivity index (χ3n) is 1.60. The maximum absolute atomic E-state index is 2.27. The zero-order valence-corrected chi connectivity index (χ0v) is 10.0. The van der Waals surface area contributed by atoms with E-state index < -0.39 is 0 Å². The Bertz CT molecular complexity index is 73.7. The molecular formula is C8H17PTe. The molecule has 0 radical (unpaired) electrons. The quantitative estimate of drug-likeness (QED) is 0.378. The first kappa shape index (κ1) is 11.1. The van der Waals surface area contributed by atoms with Crippen molar-refractivity contribution in [1.29, 1.82) is 0 Å². The van der Waals surface area contributed by atoms with Crippen molar-refractivity contribution in [1.82, 2.24) is 0 Å². The third kappa shape index (κ3) is 9.09. The fraction of sp³-hybridized carbons (Fsp3) is 1.00.